The molecule has 3 nitrogen and oxygen atoms in total. The van der Waals surface area contributed by atoms with Crippen molar-refractivity contribution in [1.82, 2.24) is 0 Å². The Morgan fingerprint density at radius 2 is 2.23 bits per heavy atom. The molecule has 0 aromatic heterocycles. The number of nitrogens with two attached hydrogens (primary N) is 1. The monoisotopic (exact) mass is 176 g/mol. The molecule has 0 atom stereocenters. The fraction of sp³-hybridized carbons (Fsp3) is 0.100. The number of hydrogen-bond donors (Lipinski definition) is 2. The van der Waals surface area contributed by atoms with Crippen molar-refractivity contribution >= 4 is 11.6 Å². The van der Waals surface area contributed by atoms with Gasteiger partial charge in [-0.2, -0.15) is 0 Å². The molecule has 0 heterocycles. The molecule has 1 rings (SSSR count). The minimum atomic E-state index is -0.426. The van der Waals surface area contributed by atoms with Crippen LogP contribution in [0.15, 0.2) is 36.5 Å². The molecule has 0 aliphatic carbocycles. The van der Waals surface area contributed by atoms with Gasteiger partial charge in [0.05, 0.1) is 0 Å². The van der Waals surface area contributed by atoms with Gasteiger partial charge >= 0.3 is 0 Å². The van der Waals surface area contributed by atoms with E-state index in [4.69, 9.17) is 5.73 Å². The topological polar surface area (TPSA) is 55.1 Å². The number of carbonyl (C=O) groups excluding carboxylic acids is 1. The molecule has 0 saturated carbocycles. The Kier molecular flexibility index (Phi) is 2.69. The maximum atomic E-state index is 10.8. The molecule has 0 fully saturated rings. The number of rotatable bonds is 3. The molecule has 0 aliphatic rings. The number of amides is 1. The first-order chi connectivity index (χ1) is 6.09. The highest BCUT2D eigenvalue weighted by Gasteiger charge is 1.99. The lowest BCUT2D eigenvalue weighted by Crippen LogP contribution is -2.10. The Bertz CT molecular complexity index is 345. The molecule has 0 aliphatic heterocycles. The van der Waals surface area contributed by atoms with E-state index < -0.39 is 5.91 Å². The van der Waals surface area contributed by atoms with Crippen LogP contribution in [0.4, 0.5) is 5.69 Å². The Morgan fingerprint density at radius 1 is 1.54 bits per heavy atom. The summed E-state index contributed by atoms with van der Waals surface area (Å²) in [5.41, 5.74) is 7.26. The first-order valence-electron chi connectivity index (χ1n) is 3.92. The molecule has 68 valence electrons. The van der Waals surface area contributed by atoms with Crippen molar-refractivity contribution in [2.24, 2.45) is 5.73 Å². The van der Waals surface area contributed by atoms with Gasteiger partial charge in [0.1, 0.15) is 0 Å². The molecule has 3 heteroatoms. The lowest BCUT2D eigenvalue weighted by molar-refractivity contribution is 0.100. The third-order valence-corrected chi connectivity index (χ3v) is 1.50. The van der Waals surface area contributed by atoms with Gasteiger partial charge < -0.3 is 11.1 Å². The smallest absolute Gasteiger partial charge is 0.248 e. The van der Waals surface area contributed by atoms with E-state index >= 15 is 0 Å². The third kappa shape index (κ3) is 2.63. The molecule has 1 aromatic rings. The van der Waals surface area contributed by atoms with E-state index in [-0.39, 0.29) is 0 Å². The van der Waals surface area contributed by atoms with Crippen LogP contribution in [0.5, 0.6) is 0 Å². The second-order valence-electron chi connectivity index (χ2n) is 2.85. The average molecular weight is 176 g/mol. The van der Waals surface area contributed by atoms with E-state index in [1.807, 2.05) is 13.0 Å². The lowest BCUT2D eigenvalue weighted by atomic mass is 10.2. The number of allylic oxidation sites excluding steroid dienone is 1. The largest absolute Gasteiger partial charge is 0.366 e. The van der Waals surface area contributed by atoms with Gasteiger partial charge in [0.25, 0.3) is 0 Å². The van der Waals surface area contributed by atoms with Crippen molar-refractivity contribution in [3.05, 3.63) is 42.1 Å². The molecule has 0 unspecified atom stereocenters. The minimum Gasteiger partial charge on any atom is -0.366 e. The van der Waals surface area contributed by atoms with Crippen molar-refractivity contribution < 1.29 is 4.79 Å². The van der Waals surface area contributed by atoms with Crippen molar-refractivity contribution in [2.45, 2.75) is 6.92 Å². The van der Waals surface area contributed by atoms with Crippen LogP contribution in [0.25, 0.3) is 0 Å². The summed E-state index contributed by atoms with van der Waals surface area (Å²) in [4.78, 5) is 10.8. The summed E-state index contributed by atoms with van der Waals surface area (Å²) < 4.78 is 0. The molecular formula is C10H12N2O. The van der Waals surface area contributed by atoms with Gasteiger partial charge in [-0.1, -0.05) is 12.6 Å². The summed E-state index contributed by atoms with van der Waals surface area (Å²) >= 11 is 0. The Morgan fingerprint density at radius 3 is 2.77 bits per heavy atom. The molecular weight excluding hydrogens is 164 g/mol. The predicted octanol–water partition coefficient (Wildman–Crippen LogP) is 1.73. The minimum absolute atomic E-state index is 0.426. The van der Waals surface area contributed by atoms with Crippen LogP contribution in [0, 0.1) is 0 Å². The summed E-state index contributed by atoms with van der Waals surface area (Å²) in [5.74, 6) is -0.426. The van der Waals surface area contributed by atoms with Gasteiger partial charge in [0, 0.05) is 16.9 Å². The normalized spacial score (nSPS) is 9.31. The molecule has 0 saturated heterocycles. The van der Waals surface area contributed by atoms with Crippen LogP contribution in [0.1, 0.15) is 17.3 Å². The Hall–Kier alpha value is -1.77. The number of benzene rings is 1. The summed E-state index contributed by atoms with van der Waals surface area (Å²) in [5, 5.41) is 3.00. The van der Waals surface area contributed by atoms with Crippen LogP contribution in [-0.2, 0) is 0 Å². The molecule has 1 aromatic carbocycles. The highest BCUT2D eigenvalue weighted by molar-refractivity contribution is 5.93. The molecule has 0 spiro atoms. The van der Waals surface area contributed by atoms with E-state index in [2.05, 4.69) is 11.9 Å². The second kappa shape index (κ2) is 3.76. The second-order valence-corrected chi connectivity index (χ2v) is 2.85. The van der Waals surface area contributed by atoms with Gasteiger partial charge in [-0.15, -0.1) is 0 Å². The van der Waals surface area contributed by atoms with Gasteiger partial charge in [-0.05, 0) is 25.1 Å². The van der Waals surface area contributed by atoms with Gasteiger partial charge in [-0.3, -0.25) is 4.79 Å². The van der Waals surface area contributed by atoms with Crippen LogP contribution in [-0.4, -0.2) is 5.91 Å². The zero-order valence-electron chi connectivity index (χ0n) is 7.50. The molecule has 0 radical (unpaired) electrons. The first kappa shape index (κ1) is 9.32. The van der Waals surface area contributed by atoms with E-state index in [0.717, 1.165) is 11.4 Å². The predicted molar refractivity (Wildman–Crippen MR) is 53.4 cm³/mol. The van der Waals surface area contributed by atoms with E-state index in [1.54, 1.807) is 18.2 Å². The van der Waals surface area contributed by atoms with Gasteiger partial charge in [0.2, 0.25) is 5.91 Å². The Labute approximate surface area is 77.3 Å². The van der Waals surface area contributed by atoms with Crippen LogP contribution >= 0.6 is 0 Å². The highest BCUT2D eigenvalue weighted by Crippen LogP contribution is 2.11. The van der Waals surface area contributed by atoms with Gasteiger partial charge in [-0.25, -0.2) is 0 Å². The summed E-state index contributed by atoms with van der Waals surface area (Å²) in [6, 6.07) is 6.98. The van der Waals surface area contributed by atoms with Crippen molar-refractivity contribution in [3.63, 3.8) is 0 Å². The fourth-order valence-corrected chi connectivity index (χ4v) is 0.997. The summed E-state index contributed by atoms with van der Waals surface area (Å²) in [6.45, 7) is 5.54. The SMILES string of the molecule is C=C(C)Nc1cccc(C(N)=O)c1. The van der Waals surface area contributed by atoms with Crippen LogP contribution < -0.4 is 11.1 Å². The Balaban J connectivity index is 2.91. The zero-order valence-corrected chi connectivity index (χ0v) is 7.50. The maximum Gasteiger partial charge on any atom is 0.248 e. The van der Waals surface area contributed by atoms with Crippen LogP contribution in [0.2, 0.25) is 0 Å². The number of carbonyl (C=O) groups is 1. The quantitative estimate of drug-likeness (QED) is 0.736. The fourth-order valence-electron chi connectivity index (χ4n) is 0.997. The number of anilines is 1. The van der Waals surface area contributed by atoms with Gasteiger partial charge in [0.15, 0.2) is 0 Å². The molecule has 13 heavy (non-hydrogen) atoms. The zero-order chi connectivity index (χ0) is 9.84. The van der Waals surface area contributed by atoms with E-state index in [0.29, 0.717) is 5.56 Å². The summed E-state index contributed by atoms with van der Waals surface area (Å²) in [7, 11) is 0. The first-order valence-corrected chi connectivity index (χ1v) is 3.92. The maximum absolute atomic E-state index is 10.8. The van der Waals surface area contributed by atoms with E-state index in [1.165, 1.54) is 0 Å². The van der Waals surface area contributed by atoms with E-state index in [9.17, 15) is 4.79 Å². The van der Waals surface area contributed by atoms with Crippen molar-refractivity contribution in [3.8, 4) is 0 Å². The van der Waals surface area contributed by atoms with Crippen molar-refractivity contribution in [2.75, 3.05) is 5.32 Å². The molecule has 0 bridgehead atoms. The number of hydrogen-bond acceptors (Lipinski definition) is 2. The van der Waals surface area contributed by atoms with Crippen molar-refractivity contribution in [1.29, 1.82) is 0 Å². The average Bonchev–Trinajstić information content (AvgIpc) is 2.03. The summed E-state index contributed by atoms with van der Waals surface area (Å²) in [6.07, 6.45) is 0. The standard InChI is InChI=1S/C10H12N2O/c1-7(2)12-9-5-3-4-8(6-9)10(11)13/h3-6,12H,1H2,2H3,(H2,11,13). The number of nitrogens with one attached hydrogen (secondary N) is 1. The molecule has 1 amide bonds. The molecule has 3 N–H and O–H groups in total. The van der Waals surface area contributed by atoms with Crippen LogP contribution in [0.3, 0.4) is 0 Å². The number of primary amides is 1. The third-order valence-electron chi connectivity index (χ3n) is 1.50. The highest BCUT2D eigenvalue weighted by atomic mass is 16.1. The lowest BCUT2D eigenvalue weighted by Gasteiger charge is -2.05.